The van der Waals surface area contributed by atoms with Crippen molar-refractivity contribution in [3.05, 3.63) is 0 Å². The minimum Gasteiger partial charge on any atom is -0.472 e. The van der Waals surface area contributed by atoms with Crippen LogP contribution in [0.5, 0.6) is 0 Å². The zero-order chi connectivity index (χ0) is 13.5. The number of hydrogen-bond donors (Lipinski definition) is 1. The molecule has 1 N–H and O–H groups in total. The first-order valence-corrected chi connectivity index (χ1v) is 19.4. The predicted molar refractivity (Wildman–Crippen MR) is 94.5 cm³/mol. The summed E-state index contributed by atoms with van der Waals surface area (Å²) in [6, 6.07) is 0. The largest absolute Gasteiger partial charge is 0.472 e. The molecular formula is C7H19NO2S5Si2. The Bertz CT molecular complexity index is 296. The van der Waals surface area contributed by atoms with Crippen molar-refractivity contribution in [1.82, 2.24) is 3.64 Å². The maximum Gasteiger partial charge on any atom is 0.378 e. The summed E-state index contributed by atoms with van der Waals surface area (Å²) in [5.74, 6) is 0. The zero-order valence-electron chi connectivity index (χ0n) is 10.8. The third-order valence-electron chi connectivity index (χ3n) is 1.95. The Hall–Kier alpha value is 1.61. The number of rotatable bonds is 3. The van der Waals surface area contributed by atoms with Gasteiger partial charge in [-0.1, -0.05) is 39.3 Å². The molecule has 0 aromatic carbocycles. The summed E-state index contributed by atoms with van der Waals surface area (Å²) < 4.78 is 2.46. The topological polar surface area (TPSA) is 40.5 Å². The third kappa shape index (κ3) is 3.58. The smallest absolute Gasteiger partial charge is 0.378 e. The first-order valence-electron chi connectivity index (χ1n) is 5.09. The van der Waals surface area contributed by atoms with Crippen LogP contribution < -0.4 is 0 Å². The fourth-order valence-electron chi connectivity index (χ4n) is 2.03. The van der Waals surface area contributed by atoms with Crippen molar-refractivity contribution >= 4 is 69.4 Å². The van der Waals surface area contributed by atoms with Gasteiger partial charge in [0.05, 0.1) is 0 Å². The molecule has 1 rings (SSSR count). The first kappa shape index (κ1) is 16.7. The fraction of sp³-hybridized carbons (Fsp3) is 0.857. The van der Waals surface area contributed by atoms with E-state index < -0.39 is 30.1 Å². The van der Waals surface area contributed by atoms with E-state index in [4.69, 9.17) is 0 Å². The van der Waals surface area contributed by atoms with Crippen LogP contribution in [0.3, 0.4) is 0 Å². The van der Waals surface area contributed by atoms with E-state index in [1.807, 2.05) is 0 Å². The van der Waals surface area contributed by atoms with E-state index in [0.717, 1.165) is 0 Å². The van der Waals surface area contributed by atoms with Crippen LogP contribution >= 0.6 is 47.6 Å². The Balaban J connectivity index is 3.25. The molecule has 0 radical (unpaired) electrons. The molecule has 1 aliphatic heterocycles. The van der Waals surface area contributed by atoms with E-state index in [2.05, 4.69) is 42.9 Å². The van der Waals surface area contributed by atoms with Crippen molar-refractivity contribution in [3.63, 3.8) is 0 Å². The molecule has 10 heteroatoms. The Labute approximate surface area is 121 Å². The van der Waals surface area contributed by atoms with Gasteiger partial charge >= 0.3 is 5.30 Å². The van der Waals surface area contributed by atoms with E-state index in [-0.39, 0.29) is 0 Å². The predicted octanol–water partition coefficient (Wildman–Crippen LogP) is 5.88. The average Bonchev–Trinajstić information content (AvgIpc) is 2.48. The van der Waals surface area contributed by atoms with Gasteiger partial charge in [0.1, 0.15) is 16.5 Å². The van der Waals surface area contributed by atoms with E-state index in [0.29, 0.717) is 0 Å². The second kappa shape index (κ2) is 5.54. The van der Waals surface area contributed by atoms with E-state index in [9.17, 15) is 9.90 Å². The molecule has 0 atom stereocenters. The lowest BCUT2D eigenvalue weighted by Gasteiger charge is -2.52. The van der Waals surface area contributed by atoms with Gasteiger partial charge in [0, 0.05) is 47.6 Å². The lowest BCUT2D eigenvalue weighted by molar-refractivity contribution is 0.221. The molecule has 0 spiro atoms. The van der Waals surface area contributed by atoms with Gasteiger partial charge in [-0.25, -0.2) is 4.79 Å². The minimum absolute atomic E-state index is 0.616. The van der Waals surface area contributed by atoms with Crippen LogP contribution in [-0.4, -0.2) is 30.5 Å². The summed E-state index contributed by atoms with van der Waals surface area (Å²) in [5, 5.41) is 9.12. The Morgan fingerprint density at radius 2 is 1.35 bits per heavy atom. The van der Waals surface area contributed by atoms with Crippen molar-refractivity contribution in [2.24, 2.45) is 0 Å². The minimum atomic E-state index is -1.80. The van der Waals surface area contributed by atoms with Crippen molar-refractivity contribution in [2.45, 2.75) is 39.3 Å². The highest BCUT2D eigenvalue weighted by Gasteiger charge is 2.54. The van der Waals surface area contributed by atoms with Gasteiger partial charge in [0.25, 0.3) is 0 Å². The molecule has 0 aromatic rings. The highest BCUT2D eigenvalue weighted by atomic mass is 34.1. The first-order chi connectivity index (χ1) is 7.52. The maximum atomic E-state index is 11.8. The van der Waals surface area contributed by atoms with Crippen molar-refractivity contribution in [2.75, 3.05) is 0 Å². The molecule has 102 valence electrons. The molecule has 1 fully saturated rings. The molecule has 0 aliphatic carbocycles. The Kier molecular flexibility index (Phi) is 5.44. The SMILES string of the molecule is C[Si](C)(C)N([Si](C)(C)C)S1(C(=O)O)SSSS1. The molecular weight excluding hydrogens is 347 g/mol. The normalized spacial score (nSPS) is 22.8. The molecule has 0 aromatic heterocycles. The standard InChI is InChI=1S/C7H19NO2S5Si2/c1-16(2,3)8(17(4,5)6)15(7(9)10)13-11-12-14-15/h1-6H3,(H,9,10). The van der Waals surface area contributed by atoms with Crippen molar-refractivity contribution < 1.29 is 9.90 Å². The molecule has 0 bridgehead atoms. The molecule has 0 amide bonds. The van der Waals surface area contributed by atoms with E-state index in [1.54, 1.807) is 39.3 Å². The second-order valence-corrected chi connectivity index (χ2v) is 28.6. The Morgan fingerprint density at radius 3 is 1.59 bits per heavy atom. The number of carboxylic acid groups (broad SMARTS) is 1. The highest BCUT2D eigenvalue weighted by molar-refractivity contribution is 9.68. The Morgan fingerprint density at radius 1 is 1.00 bits per heavy atom. The quantitative estimate of drug-likeness (QED) is 0.495. The lowest BCUT2D eigenvalue weighted by Crippen LogP contribution is -2.58. The van der Waals surface area contributed by atoms with E-state index in [1.165, 1.54) is 0 Å². The summed E-state index contributed by atoms with van der Waals surface area (Å²) in [6.07, 6.45) is 0. The summed E-state index contributed by atoms with van der Waals surface area (Å²) in [4.78, 5) is 11.8. The molecule has 1 heterocycles. The van der Waals surface area contributed by atoms with Gasteiger partial charge in [0.15, 0.2) is 0 Å². The molecule has 1 aliphatic rings. The van der Waals surface area contributed by atoms with Crippen LogP contribution in [0.2, 0.25) is 39.3 Å². The van der Waals surface area contributed by atoms with Crippen LogP contribution in [0.25, 0.3) is 0 Å². The van der Waals surface area contributed by atoms with E-state index >= 15 is 0 Å². The summed E-state index contributed by atoms with van der Waals surface area (Å²) in [7, 11) is 1.33. The number of nitrogens with zero attached hydrogens (tertiary/aromatic N) is 1. The summed E-state index contributed by atoms with van der Waals surface area (Å²) in [6.45, 7) is 13.6. The van der Waals surface area contributed by atoms with Crippen LogP contribution in [0, 0.1) is 0 Å². The number of hydrogen-bond acceptors (Lipinski definition) is 6. The van der Waals surface area contributed by atoms with Gasteiger partial charge in [-0.15, -0.1) is 0 Å². The molecule has 0 unspecified atom stereocenters. The van der Waals surface area contributed by atoms with Crippen LogP contribution in [0.1, 0.15) is 0 Å². The van der Waals surface area contributed by atoms with Gasteiger partial charge in [-0.05, 0) is 0 Å². The molecule has 0 saturated carbocycles. The van der Waals surface area contributed by atoms with Crippen LogP contribution in [-0.2, 0) is 0 Å². The van der Waals surface area contributed by atoms with Crippen molar-refractivity contribution in [3.8, 4) is 0 Å². The van der Waals surface area contributed by atoms with Crippen LogP contribution in [0.15, 0.2) is 0 Å². The lowest BCUT2D eigenvalue weighted by atomic mass is 11.6. The van der Waals surface area contributed by atoms with Gasteiger partial charge in [-0.3, -0.25) is 3.64 Å². The molecule has 17 heavy (non-hydrogen) atoms. The van der Waals surface area contributed by atoms with Gasteiger partial charge in [0.2, 0.25) is 0 Å². The molecule has 3 nitrogen and oxygen atoms in total. The number of carbonyl (C=O) groups is 1. The fourth-order valence-corrected chi connectivity index (χ4v) is 48.8. The highest BCUT2D eigenvalue weighted by Crippen LogP contribution is 2.89. The van der Waals surface area contributed by atoms with Crippen molar-refractivity contribution in [1.29, 1.82) is 0 Å². The van der Waals surface area contributed by atoms with Crippen LogP contribution in [0.4, 0.5) is 4.79 Å². The van der Waals surface area contributed by atoms with Gasteiger partial charge < -0.3 is 5.11 Å². The second-order valence-electron chi connectivity index (χ2n) is 5.65. The zero-order valence-corrected chi connectivity index (χ0v) is 16.9. The molecule has 1 saturated heterocycles. The summed E-state index contributed by atoms with van der Waals surface area (Å²) >= 11 is 0. The third-order valence-corrected chi connectivity index (χ3v) is 32.1. The average molecular weight is 366 g/mol. The summed E-state index contributed by atoms with van der Waals surface area (Å²) in [5.41, 5.74) is 0. The monoisotopic (exact) mass is 365 g/mol. The maximum absolute atomic E-state index is 11.8. The van der Waals surface area contributed by atoms with Gasteiger partial charge in [-0.2, -0.15) is 0 Å².